The highest BCUT2D eigenvalue weighted by Crippen LogP contribution is 2.34. The van der Waals surface area contributed by atoms with Gasteiger partial charge in [0.25, 0.3) is 0 Å². The van der Waals surface area contributed by atoms with Gasteiger partial charge in [-0.2, -0.15) is 0 Å². The van der Waals surface area contributed by atoms with E-state index in [9.17, 15) is 14.0 Å². The van der Waals surface area contributed by atoms with E-state index in [1.54, 1.807) is 4.90 Å². The minimum absolute atomic E-state index is 0. The van der Waals surface area contributed by atoms with Gasteiger partial charge in [0.15, 0.2) is 0 Å². The zero-order chi connectivity index (χ0) is 16.4. The summed E-state index contributed by atoms with van der Waals surface area (Å²) < 4.78 is 12.8. The average Bonchev–Trinajstić information content (AvgIpc) is 3.29. The first-order valence-corrected chi connectivity index (χ1v) is 7.82. The molecule has 1 heterocycles. The van der Waals surface area contributed by atoms with Crippen molar-refractivity contribution in [1.82, 2.24) is 9.80 Å². The third-order valence-electron chi connectivity index (χ3n) is 4.37. The number of amides is 2. The average molecular weight is 393 g/mol. The number of piperazine rings is 1. The molecule has 1 aliphatic heterocycles. The Morgan fingerprint density at radius 1 is 1.08 bits per heavy atom. The first kappa shape index (κ1) is 21.6. The number of benzene rings is 1. The Kier molecular flexibility index (Phi) is 7.62. The molecular formula is C16H23Cl2FN4O2. The normalized spacial score (nSPS) is 18.6. The first-order chi connectivity index (χ1) is 11.0. The highest BCUT2D eigenvalue weighted by molar-refractivity contribution is 5.92. The molecule has 0 unspecified atom stereocenters. The molecule has 9 heteroatoms. The highest BCUT2D eigenvalue weighted by Gasteiger charge is 2.48. The van der Waals surface area contributed by atoms with Crippen LogP contribution in [0.5, 0.6) is 0 Å². The van der Waals surface area contributed by atoms with Crippen LogP contribution >= 0.6 is 24.8 Å². The summed E-state index contributed by atoms with van der Waals surface area (Å²) in [5, 5.41) is 2.74. The van der Waals surface area contributed by atoms with Crippen molar-refractivity contribution in [1.29, 1.82) is 0 Å². The maximum Gasteiger partial charge on any atom is 0.242 e. The second kappa shape index (κ2) is 8.80. The van der Waals surface area contributed by atoms with E-state index in [4.69, 9.17) is 5.73 Å². The van der Waals surface area contributed by atoms with Gasteiger partial charge in [-0.05, 0) is 37.1 Å². The molecule has 6 nitrogen and oxygen atoms in total. The van der Waals surface area contributed by atoms with Crippen molar-refractivity contribution in [2.75, 3.05) is 38.0 Å². The molecule has 2 aliphatic rings. The Bertz CT molecular complexity index is 603. The number of carbonyl (C=O) groups is 2. The van der Waals surface area contributed by atoms with Crippen LogP contribution in [-0.4, -0.2) is 59.9 Å². The Balaban J connectivity index is 0.00000156. The van der Waals surface area contributed by atoms with Gasteiger partial charge in [-0.1, -0.05) is 0 Å². The zero-order valence-corrected chi connectivity index (χ0v) is 15.4. The van der Waals surface area contributed by atoms with Gasteiger partial charge in [-0.25, -0.2) is 4.39 Å². The third kappa shape index (κ3) is 5.54. The molecule has 0 aromatic heterocycles. The smallest absolute Gasteiger partial charge is 0.242 e. The van der Waals surface area contributed by atoms with Crippen LogP contribution in [0.1, 0.15) is 12.8 Å². The van der Waals surface area contributed by atoms with E-state index in [0.29, 0.717) is 31.9 Å². The SMILES string of the molecule is Cl.Cl.NC1(C(=O)N2CCN(CC(=O)Nc3ccc(F)cc3)CC2)CC1. The molecule has 3 N–H and O–H groups in total. The molecule has 0 radical (unpaired) electrons. The molecule has 2 fully saturated rings. The fourth-order valence-electron chi connectivity index (χ4n) is 2.71. The van der Waals surface area contributed by atoms with Gasteiger partial charge in [0.2, 0.25) is 11.8 Å². The van der Waals surface area contributed by atoms with E-state index >= 15 is 0 Å². The van der Waals surface area contributed by atoms with E-state index < -0.39 is 5.54 Å². The van der Waals surface area contributed by atoms with Crippen LogP contribution in [0, 0.1) is 5.82 Å². The lowest BCUT2D eigenvalue weighted by atomic mass is 10.2. The number of halogens is 3. The van der Waals surface area contributed by atoms with Crippen LogP contribution in [0.15, 0.2) is 24.3 Å². The van der Waals surface area contributed by atoms with Gasteiger partial charge in [-0.3, -0.25) is 14.5 Å². The summed E-state index contributed by atoms with van der Waals surface area (Å²) in [6.07, 6.45) is 1.54. The predicted molar refractivity (Wildman–Crippen MR) is 98.7 cm³/mol. The van der Waals surface area contributed by atoms with Gasteiger partial charge in [0, 0.05) is 31.9 Å². The summed E-state index contributed by atoms with van der Waals surface area (Å²) in [5.74, 6) is -0.445. The Hall–Kier alpha value is -1.41. The van der Waals surface area contributed by atoms with Gasteiger partial charge in [0.1, 0.15) is 5.82 Å². The standard InChI is InChI=1S/C16H21FN4O2.2ClH/c17-12-1-3-13(4-2-12)19-14(22)11-20-7-9-21(10-8-20)15(23)16(18)5-6-16;;/h1-4H,5-11,18H2,(H,19,22);2*1H. The molecule has 0 bridgehead atoms. The number of nitrogens with two attached hydrogens (primary N) is 1. The summed E-state index contributed by atoms with van der Waals surface area (Å²) in [6, 6.07) is 5.67. The summed E-state index contributed by atoms with van der Waals surface area (Å²) in [6.45, 7) is 2.76. The number of carbonyl (C=O) groups excluding carboxylic acids is 2. The molecule has 2 amide bonds. The topological polar surface area (TPSA) is 78.7 Å². The number of nitrogens with one attached hydrogen (secondary N) is 1. The molecule has 1 aromatic carbocycles. The number of anilines is 1. The maximum atomic E-state index is 12.8. The van der Waals surface area contributed by atoms with Crippen LogP contribution in [-0.2, 0) is 9.59 Å². The van der Waals surface area contributed by atoms with Crippen molar-refractivity contribution in [2.24, 2.45) is 5.73 Å². The molecule has 1 saturated carbocycles. The van der Waals surface area contributed by atoms with Crippen LogP contribution in [0.2, 0.25) is 0 Å². The van der Waals surface area contributed by atoms with Crippen molar-refractivity contribution in [3.8, 4) is 0 Å². The molecule has 140 valence electrons. The lowest BCUT2D eigenvalue weighted by Crippen LogP contribution is -2.55. The van der Waals surface area contributed by atoms with E-state index in [2.05, 4.69) is 5.32 Å². The van der Waals surface area contributed by atoms with Crippen molar-refractivity contribution in [3.63, 3.8) is 0 Å². The molecule has 1 aromatic rings. The number of hydrogen-bond donors (Lipinski definition) is 2. The number of hydrogen-bond acceptors (Lipinski definition) is 4. The molecule has 25 heavy (non-hydrogen) atoms. The fourth-order valence-corrected chi connectivity index (χ4v) is 2.71. The molecule has 0 spiro atoms. The molecule has 3 rings (SSSR count). The second-order valence-electron chi connectivity index (χ2n) is 6.28. The number of rotatable bonds is 4. The quantitative estimate of drug-likeness (QED) is 0.807. The van der Waals surface area contributed by atoms with Crippen molar-refractivity contribution < 1.29 is 14.0 Å². The summed E-state index contributed by atoms with van der Waals surface area (Å²) in [4.78, 5) is 27.9. The van der Waals surface area contributed by atoms with Crippen LogP contribution < -0.4 is 11.1 Å². The van der Waals surface area contributed by atoms with Gasteiger partial charge in [0.05, 0.1) is 12.1 Å². The largest absolute Gasteiger partial charge is 0.339 e. The third-order valence-corrected chi connectivity index (χ3v) is 4.37. The van der Waals surface area contributed by atoms with E-state index in [1.807, 2.05) is 4.90 Å². The fraction of sp³-hybridized carbons (Fsp3) is 0.500. The molecule has 0 atom stereocenters. The summed E-state index contributed by atoms with van der Waals surface area (Å²) in [7, 11) is 0. The Labute approximate surface area is 158 Å². The molecule has 1 saturated heterocycles. The number of nitrogens with zero attached hydrogens (tertiary/aromatic N) is 2. The Morgan fingerprint density at radius 3 is 2.16 bits per heavy atom. The lowest BCUT2D eigenvalue weighted by Gasteiger charge is -2.35. The molecule has 1 aliphatic carbocycles. The summed E-state index contributed by atoms with van der Waals surface area (Å²) >= 11 is 0. The minimum Gasteiger partial charge on any atom is -0.339 e. The minimum atomic E-state index is -0.623. The highest BCUT2D eigenvalue weighted by atomic mass is 35.5. The first-order valence-electron chi connectivity index (χ1n) is 7.82. The lowest BCUT2D eigenvalue weighted by molar-refractivity contribution is -0.135. The van der Waals surface area contributed by atoms with Crippen molar-refractivity contribution in [2.45, 2.75) is 18.4 Å². The van der Waals surface area contributed by atoms with E-state index in [1.165, 1.54) is 24.3 Å². The monoisotopic (exact) mass is 392 g/mol. The predicted octanol–water partition coefficient (Wildman–Crippen LogP) is 1.24. The van der Waals surface area contributed by atoms with Crippen LogP contribution in [0.25, 0.3) is 0 Å². The van der Waals surface area contributed by atoms with E-state index in [0.717, 1.165) is 12.8 Å². The van der Waals surface area contributed by atoms with Crippen molar-refractivity contribution in [3.05, 3.63) is 30.1 Å². The molecular weight excluding hydrogens is 370 g/mol. The van der Waals surface area contributed by atoms with Gasteiger partial charge < -0.3 is 16.0 Å². The maximum absolute atomic E-state index is 12.8. The zero-order valence-electron chi connectivity index (χ0n) is 13.7. The summed E-state index contributed by atoms with van der Waals surface area (Å²) in [5.41, 5.74) is 5.89. The van der Waals surface area contributed by atoms with Crippen molar-refractivity contribution >= 4 is 42.3 Å². The Morgan fingerprint density at radius 2 is 1.64 bits per heavy atom. The van der Waals surface area contributed by atoms with Gasteiger partial charge >= 0.3 is 0 Å². The van der Waals surface area contributed by atoms with Crippen LogP contribution in [0.3, 0.4) is 0 Å². The second-order valence-corrected chi connectivity index (χ2v) is 6.28. The van der Waals surface area contributed by atoms with E-state index in [-0.39, 0.29) is 49.0 Å². The van der Waals surface area contributed by atoms with Gasteiger partial charge in [-0.15, -0.1) is 24.8 Å². The van der Waals surface area contributed by atoms with Crippen LogP contribution in [0.4, 0.5) is 10.1 Å².